The molecule has 1 rings (SSSR count). The minimum Gasteiger partial charge on any atom is -0.411 e. The number of para-hydroxylation sites is 1. The van der Waals surface area contributed by atoms with E-state index in [1.807, 2.05) is 6.07 Å². The fraction of sp³-hybridized carbons (Fsp3) is 0.357. The molecule has 0 saturated carbocycles. The highest BCUT2D eigenvalue weighted by atomic mass is 16.7. The van der Waals surface area contributed by atoms with Gasteiger partial charge in [-0.3, -0.25) is 14.4 Å². The number of nitrogens with zero attached hydrogens (tertiary/aromatic N) is 1. The number of carbonyl (C=O) groups excluding carboxylic acids is 3. The Labute approximate surface area is 122 Å². The van der Waals surface area contributed by atoms with Crippen LogP contribution in [0.1, 0.15) is 13.8 Å². The molecular weight excluding hydrogens is 276 g/mol. The van der Waals surface area contributed by atoms with E-state index in [2.05, 4.69) is 5.32 Å². The molecule has 0 spiro atoms. The maximum absolute atomic E-state index is 11.9. The first kappa shape index (κ1) is 16.6. The third-order valence-corrected chi connectivity index (χ3v) is 2.34. The van der Waals surface area contributed by atoms with Crippen molar-refractivity contribution < 1.29 is 23.9 Å². The van der Waals surface area contributed by atoms with E-state index in [0.717, 1.165) is 0 Å². The number of carbonyl (C=O) groups is 3. The zero-order chi connectivity index (χ0) is 15.8. The average molecular weight is 294 g/mol. The summed E-state index contributed by atoms with van der Waals surface area (Å²) in [7, 11) is 1.50. The lowest BCUT2D eigenvalue weighted by molar-refractivity contribution is -0.215. The highest BCUT2D eigenvalue weighted by Crippen LogP contribution is 2.06. The molecule has 7 heteroatoms. The molecule has 0 radical (unpaired) electrons. The molecule has 0 aliphatic heterocycles. The van der Waals surface area contributed by atoms with Gasteiger partial charge in [0.2, 0.25) is 5.91 Å². The summed E-state index contributed by atoms with van der Waals surface area (Å²) in [6, 6.07) is 8.90. The Morgan fingerprint density at radius 2 is 1.62 bits per heavy atom. The fourth-order valence-electron chi connectivity index (χ4n) is 1.51. The van der Waals surface area contributed by atoms with Gasteiger partial charge in [-0.2, -0.15) is 0 Å². The van der Waals surface area contributed by atoms with Crippen LogP contribution in [0, 0.1) is 0 Å². The van der Waals surface area contributed by atoms with Gasteiger partial charge in [-0.1, -0.05) is 18.2 Å². The molecule has 1 N–H and O–H groups in total. The molecule has 0 fully saturated rings. The molecular formula is C14H18N2O5. The van der Waals surface area contributed by atoms with Crippen molar-refractivity contribution in [1.29, 1.82) is 0 Å². The van der Waals surface area contributed by atoms with Crippen molar-refractivity contribution in [2.45, 2.75) is 20.3 Å². The lowest BCUT2D eigenvalue weighted by Gasteiger charge is -2.25. The molecule has 0 atom stereocenters. The topological polar surface area (TPSA) is 84.9 Å². The second-order valence-electron chi connectivity index (χ2n) is 4.36. The van der Waals surface area contributed by atoms with Gasteiger partial charge in [0, 0.05) is 19.5 Å². The normalized spacial score (nSPS) is 10.3. The first-order chi connectivity index (χ1) is 9.88. The molecule has 0 aliphatic carbocycles. The Bertz CT molecular complexity index is 487. The lowest BCUT2D eigenvalue weighted by atomic mass is 10.3. The quantitative estimate of drug-likeness (QED) is 0.621. The van der Waals surface area contributed by atoms with Gasteiger partial charge in [-0.25, -0.2) is 4.90 Å². The van der Waals surface area contributed by atoms with Crippen molar-refractivity contribution in [2.75, 3.05) is 18.9 Å². The molecule has 0 heterocycles. The number of hydrogen-bond acceptors (Lipinski definition) is 6. The van der Waals surface area contributed by atoms with Crippen molar-refractivity contribution in [2.24, 2.45) is 0 Å². The van der Waals surface area contributed by atoms with E-state index < -0.39 is 18.4 Å². The second-order valence-corrected chi connectivity index (χ2v) is 4.36. The molecule has 0 unspecified atom stereocenters. The molecule has 1 aromatic carbocycles. The van der Waals surface area contributed by atoms with Gasteiger partial charge in [0.1, 0.15) is 0 Å². The fourth-order valence-corrected chi connectivity index (χ4v) is 1.51. The Hall–Kier alpha value is -2.41. The lowest BCUT2D eigenvalue weighted by Crippen LogP contribution is -2.42. The van der Waals surface area contributed by atoms with Crippen LogP contribution in [0.4, 0.5) is 5.69 Å². The number of esters is 2. The minimum atomic E-state index is -1.23. The van der Waals surface area contributed by atoms with Crippen LogP contribution in [0.2, 0.25) is 0 Å². The Morgan fingerprint density at radius 3 is 2.10 bits per heavy atom. The summed E-state index contributed by atoms with van der Waals surface area (Å²) >= 11 is 0. The third-order valence-electron chi connectivity index (χ3n) is 2.34. The summed E-state index contributed by atoms with van der Waals surface area (Å²) in [4.78, 5) is 35.1. The third kappa shape index (κ3) is 6.53. The average Bonchev–Trinajstić information content (AvgIpc) is 2.37. The van der Waals surface area contributed by atoms with Gasteiger partial charge in [-0.15, -0.1) is 0 Å². The summed E-state index contributed by atoms with van der Waals surface area (Å²) in [5.41, 5.74) is 0.646. The van der Waals surface area contributed by atoms with Gasteiger partial charge in [0.15, 0.2) is 0 Å². The number of nitrogens with one attached hydrogen (secondary N) is 1. The van der Waals surface area contributed by atoms with Crippen LogP contribution in [0.25, 0.3) is 0 Å². The SMILES string of the molecule is CC(=O)OC(OC(C)=O)N(C)CC(=O)Nc1ccccc1. The Morgan fingerprint density at radius 1 is 1.10 bits per heavy atom. The molecule has 1 amide bonds. The number of benzene rings is 1. The van der Waals surface area contributed by atoms with E-state index in [9.17, 15) is 14.4 Å². The number of anilines is 1. The zero-order valence-electron chi connectivity index (χ0n) is 12.2. The molecule has 0 saturated heterocycles. The smallest absolute Gasteiger partial charge is 0.310 e. The van der Waals surface area contributed by atoms with Crippen molar-refractivity contribution >= 4 is 23.5 Å². The van der Waals surface area contributed by atoms with Gasteiger partial charge < -0.3 is 14.8 Å². The van der Waals surface area contributed by atoms with Gasteiger partial charge in [-0.05, 0) is 19.2 Å². The largest absolute Gasteiger partial charge is 0.411 e. The first-order valence-electron chi connectivity index (χ1n) is 6.28. The number of likely N-dealkylation sites (N-methyl/N-ethyl adjacent to an activating group) is 1. The Kier molecular flexibility index (Phi) is 6.35. The minimum absolute atomic E-state index is 0.111. The molecule has 7 nitrogen and oxygen atoms in total. The summed E-state index contributed by atoms with van der Waals surface area (Å²) in [5, 5.41) is 2.67. The molecule has 21 heavy (non-hydrogen) atoms. The van der Waals surface area contributed by atoms with Crippen LogP contribution < -0.4 is 5.32 Å². The van der Waals surface area contributed by atoms with Crippen LogP contribution in [0.3, 0.4) is 0 Å². The highest BCUT2D eigenvalue weighted by Gasteiger charge is 2.22. The van der Waals surface area contributed by atoms with Crippen LogP contribution in [-0.2, 0) is 23.9 Å². The summed E-state index contributed by atoms with van der Waals surface area (Å²) in [6.45, 7) is 2.27. The van der Waals surface area contributed by atoms with Crippen molar-refractivity contribution in [3.63, 3.8) is 0 Å². The van der Waals surface area contributed by atoms with Crippen molar-refractivity contribution in [1.82, 2.24) is 4.90 Å². The number of ether oxygens (including phenoxy) is 2. The van der Waals surface area contributed by atoms with Crippen LogP contribution in [-0.4, -0.2) is 42.8 Å². The highest BCUT2D eigenvalue weighted by molar-refractivity contribution is 5.92. The zero-order valence-corrected chi connectivity index (χ0v) is 12.2. The summed E-state index contributed by atoms with van der Waals surface area (Å²) in [5.74, 6) is -1.55. The van der Waals surface area contributed by atoms with E-state index >= 15 is 0 Å². The van der Waals surface area contributed by atoms with Crippen molar-refractivity contribution in [3.8, 4) is 0 Å². The van der Waals surface area contributed by atoms with Gasteiger partial charge in [0.25, 0.3) is 0 Å². The van der Waals surface area contributed by atoms with Crippen LogP contribution in [0.5, 0.6) is 0 Å². The number of rotatable bonds is 6. The first-order valence-corrected chi connectivity index (χ1v) is 6.28. The van der Waals surface area contributed by atoms with Crippen LogP contribution in [0.15, 0.2) is 30.3 Å². The maximum Gasteiger partial charge on any atom is 0.310 e. The second kappa shape index (κ2) is 8.01. The van der Waals surface area contributed by atoms with E-state index in [-0.39, 0.29) is 12.5 Å². The van der Waals surface area contributed by atoms with Gasteiger partial charge >= 0.3 is 18.4 Å². The number of amides is 1. The van der Waals surface area contributed by atoms with E-state index in [1.54, 1.807) is 24.3 Å². The Balaban J connectivity index is 2.58. The van der Waals surface area contributed by atoms with Gasteiger partial charge in [0.05, 0.1) is 6.54 Å². The van der Waals surface area contributed by atoms with E-state index in [0.29, 0.717) is 5.69 Å². The van der Waals surface area contributed by atoms with E-state index in [4.69, 9.17) is 9.47 Å². The van der Waals surface area contributed by atoms with Crippen LogP contribution >= 0.6 is 0 Å². The number of hydrogen-bond donors (Lipinski definition) is 1. The van der Waals surface area contributed by atoms with E-state index in [1.165, 1.54) is 25.8 Å². The monoisotopic (exact) mass is 294 g/mol. The maximum atomic E-state index is 11.9. The standard InChI is InChI=1S/C14H18N2O5/c1-10(17)20-14(21-11(2)18)16(3)9-13(19)15-12-7-5-4-6-8-12/h4-8,14H,9H2,1-3H3,(H,15,19). The van der Waals surface area contributed by atoms with Crippen molar-refractivity contribution in [3.05, 3.63) is 30.3 Å². The predicted octanol–water partition coefficient (Wildman–Crippen LogP) is 0.967. The predicted molar refractivity (Wildman–Crippen MR) is 75.0 cm³/mol. The summed E-state index contributed by atoms with van der Waals surface area (Å²) < 4.78 is 9.68. The molecule has 0 aromatic heterocycles. The molecule has 114 valence electrons. The summed E-state index contributed by atoms with van der Waals surface area (Å²) in [6.07, 6.45) is -1.23. The molecule has 1 aromatic rings. The molecule has 0 bridgehead atoms. The molecule has 0 aliphatic rings.